The molecule has 5 heteroatoms. The molecule has 1 atom stereocenters. The Hall–Kier alpha value is -2.79. The van der Waals surface area contributed by atoms with Crippen molar-refractivity contribution in [2.24, 2.45) is 0 Å². The Kier molecular flexibility index (Phi) is 6.92. The molecule has 1 aromatic heterocycles. The lowest BCUT2D eigenvalue weighted by atomic mass is 9.95. The van der Waals surface area contributed by atoms with Gasteiger partial charge in [-0.2, -0.15) is 0 Å². The SMILES string of the molecule is COc1cccc(-c2nc(CN3CCCC[C@@H]3CCc3ccccc3)c(C)o2)c1OC. The summed E-state index contributed by atoms with van der Waals surface area (Å²) < 4.78 is 17.1. The summed E-state index contributed by atoms with van der Waals surface area (Å²) in [6.45, 7) is 3.94. The highest BCUT2D eigenvalue weighted by atomic mass is 16.5. The van der Waals surface area contributed by atoms with Crippen molar-refractivity contribution >= 4 is 0 Å². The van der Waals surface area contributed by atoms with Crippen LogP contribution in [0.15, 0.2) is 52.9 Å². The summed E-state index contributed by atoms with van der Waals surface area (Å²) in [6, 6.07) is 17.1. The first-order valence-electron chi connectivity index (χ1n) is 11.1. The molecule has 5 nitrogen and oxygen atoms in total. The van der Waals surface area contributed by atoms with E-state index in [9.17, 15) is 0 Å². The van der Waals surface area contributed by atoms with Crippen LogP contribution in [0.2, 0.25) is 0 Å². The van der Waals surface area contributed by atoms with Crippen LogP contribution in [-0.4, -0.2) is 36.7 Å². The van der Waals surface area contributed by atoms with Gasteiger partial charge in [0.2, 0.25) is 5.89 Å². The maximum atomic E-state index is 6.08. The summed E-state index contributed by atoms with van der Waals surface area (Å²) >= 11 is 0. The summed E-state index contributed by atoms with van der Waals surface area (Å²) in [6.07, 6.45) is 6.10. The number of nitrogens with zero attached hydrogens (tertiary/aromatic N) is 2. The van der Waals surface area contributed by atoms with Crippen LogP contribution in [0.5, 0.6) is 11.5 Å². The van der Waals surface area contributed by atoms with Crippen LogP contribution in [0.1, 0.15) is 42.7 Å². The van der Waals surface area contributed by atoms with Gasteiger partial charge in [0.15, 0.2) is 11.5 Å². The standard InChI is InChI=1S/C26H32N2O3/c1-19-23(27-26(31-19)22-13-9-14-24(29-2)25(22)30-3)18-28-17-8-7-12-21(28)16-15-20-10-5-4-6-11-20/h4-6,9-11,13-14,21H,7-8,12,15-18H2,1-3H3/t21-/m1/s1. The van der Waals surface area contributed by atoms with Crippen molar-refractivity contribution in [1.82, 2.24) is 9.88 Å². The fourth-order valence-electron chi connectivity index (χ4n) is 4.51. The minimum Gasteiger partial charge on any atom is -0.493 e. The molecule has 0 bridgehead atoms. The lowest BCUT2D eigenvalue weighted by Crippen LogP contribution is -2.39. The van der Waals surface area contributed by atoms with E-state index in [1.165, 1.54) is 31.2 Å². The number of aryl methyl sites for hydroxylation is 2. The zero-order valence-corrected chi connectivity index (χ0v) is 18.8. The Morgan fingerprint density at radius 2 is 1.87 bits per heavy atom. The number of methoxy groups -OCH3 is 2. The van der Waals surface area contributed by atoms with Crippen LogP contribution in [0.4, 0.5) is 0 Å². The summed E-state index contributed by atoms with van der Waals surface area (Å²) in [5.74, 6) is 2.78. The first kappa shape index (κ1) is 21.4. The molecule has 0 aliphatic carbocycles. The highest BCUT2D eigenvalue weighted by Gasteiger charge is 2.25. The van der Waals surface area contributed by atoms with E-state index in [1.807, 2.05) is 25.1 Å². The maximum absolute atomic E-state index is 6.08. The molecule has 0 spiro atoms. The van der Waals surface area contributed by atoms with Gasteiger partial charge in [-0.15, -0.1) is 0 Å². The van der Waals surface area contributed by atoms with Crippen molar-refractivity contribution in [1.29, 1.82) is 0 Å². The Balaban J connectivity index is 1.50. The number of aromatic nitrogens is 1. The van der Waals surface area contributed by atoms with Crippen LogP contribution in [-0.2, 0) is 13.0 Å². The van der Waals surface area contributed by atoms with E-state index in [0.717, 1.165) is 36.5 Å². The highest BCUT2D eigenvalue weighted by molar-refractivity contribution is 5.68. The predicted octanol–water partition coefficient (Wildman–Crippen LogP) is 5.65. The van der Waals surface area contributed by atoms with Crippen molar-refractivity contribution in [2.75, 3.05) is 20.8 Å². The zero-order valence-electron chi connectivity index (χ0n) is 18.8. The topological polar surface area (TPSA) is 47.7 Å². The monoisotopic (exact) mass is 420 g/mol. The number of hydrogen-bond acceptors (Lipinski definition) is 5. The van der Waals surface area contributed by atoms with Crippen LogP contribution in [0.3, 0.4) is 0 Å². The number of hydrogen-bond donors (Lipinski definition) is 0. The second kappa shape index (κ2) is 10.0. The average Bonchev–Trinajstić information content (AvgIpc) is 3.18. The molecular weight excluding hydrogens is 388 g/mol. The summed E-state index contributed by atoms with van der Waals surface area (Å²) in [7, 11) is 3.28. The molecule has 1 aliphatic rings. The Labute approximate surface area is 185 Å². The van der Waals surface area contributed by atoms with Crippen LogP contribution < -0.4 is 9.47 Å². The second-order valence-electron chi connectivity index (χ2n) is 8.21. The van der Waals surface area contributed by atoms with E-state index in [1.54, 1.807) is 14.2 Å². The molecule has 0 unspecified atom stereocenters. The predicted molar refractivity (Wildman–Crippen MR) is 123 cm³/mol. The molecule has 2 heterocycles. The summed E-state index contributed by atoms with van der Waals surface area (Å²) in [5, 5.41) is 0. The molecule has 4 rings (SSSR count). The van der Waals surface area contributed by atoms with Gasteiger partial charge in [0.1, 0.15) is 5.76 Å². The molecule has 164 valence electrons. The quantitative estimate of drug-likeness (QED) is 0.471. The molecule has 1 fully saturated rings. The van der Waals surface area contributed by atoms with Crippen molar-refractivity contribution < 1.29 is 13.9 Å². The number of piperidine rings is 1. The number of oxazole rings is 1. The first-order valence-corrected chi connectivity index (χ1v) is 11.1. The van der Waals surface area contributed by atoms with Crippen molar-refractivity contribution in [3.63, 3.8) is 0 Å². The van der Waals surface area contributed by atoms with Gasteiger partial charge in [-0.3, -0.25) is 4.90 Å². The van der Waals surface area contributed by atoms with Crippen LogP contribution in [0, 0.1) is 6.92 Å². The Morgan fingerprint density at radius 3 is 2.65 bits per heavy atom. The first-order chi connectivity index (χ1) is 15.2. The molecule has 0 amide bonds. The normalized spacial score (nSPS) is 16.9. The molecule has 0 N–H and O–H groups in total. The van der Waals surface area contributed by atoms with Gasteiger partial charge in [0.05, 0.1) is 25.5 Å². The minimum absolute atomic E-state index is 0.583. The minimum atomic E-state index is 0.583. The maximum Gasteiger partial charge on any atom is 0.230 e. The van der Waals surface area contributed by atoms with Gasteiger partial charge >= 0.3 is 0 Å². The fourth-order valence-corrected chi connectivity index (χ4v) is 4.51. The van der Waals surface area contributed by atoms with Crippen molar-refractivity contribution in [2.45, 2.75) is 51.6 Å². The van der Waals surface area contributed by atoms with Gasteiger partial charge < -0.3 is 13.9 Å². The molecule has 1 saturated heterocycles. The molecule has 0 saturated carbocycles. The third-order valence-corrected chi connectivity index (χ3v) is 6.24. The van der Waals surface area contributed by atoms with Crippen molar-refractivity contribution in [3.8, 4) is 23.0 Å². The number of para-hydroxylation sites is 1. The van der Waals surface area contributed by atoms with Crippen LogP contribution >= 0.6 is 0 Å². The van der Waals surface area contributed by atoms with E-state index >= 15 is 0 Å². The number of benzene rings is 2. The zero-order chi connectivity index (χ0) is 21.6. The third-order valence-electron chi connectivity index (χ3n) is 6.24. The van der Waals surface area contributed by atoms with Gasteiger partial charge in [0.25, 0.3) is 0 Å². The smallest absolute Gasteiger partial charge is 0.230 e. The average molecular weight is 421 g/mol. The summed E-state index contributed by atoms with van der Waals surface area (Å²) in [5.41, 5.74) is 3.24. The van der Waals surface area contributed by atoms with E-state index in [4.69, 9.17) is 18.9 Å². The fraction of sp³-hybridized carbons (Fsp3) is 0.423. The number of likely N-dealkylation sites (tertiary alicyclic amines) is 1. The van der Waals surface area contributed by atoms with Gasteiger partial charge in [-0.25, -0.2) is 4.98 Å². The Bertz CT molecular complexity index is 984. The lowest BCUT2D eigenvalue weighted by Gasteiger charge is -2.35. The van der Waals surface area contributed by atoms with E-state index < -0.39 is 0 Å². The van der Waals surface area contributed by atoms with Gasteiger partial charge in [-0.1, -0.05) is 42.8 Å². The van der Waals surface area contributed by atoms with Crippen molar-refractivity contribution in [3.05, 3.63) is 65.5 Å². The Morgan fingerprint density at radius 1 is 1.03 bits per heavy atom. The largest absolute Gasteiger partial charge is 0.493 e. The molecule has 1 aliphatic heterocycles. The second-order valence-corrected chi connectivity index (χ2v) is 8.21. The van der Waals surface area contributed by atoms with E-state index in [-0.39, 0.29) is 0 Å². The van der Waals surface area contributed by atoms with Gasteiger partial charge in [-0.05, 0) is 56.8 Å². The highest BCUT2D eigenvalue weighted by Crippen LogP contribution is 2.38. The molecule has 31 heavy (non-hydrogen) atoms. The van der Waals surface area contributed by atoms with Gasteiger partial charge in [0, 0.05) is 12.6 Å². The number of rotatable bonds is 8. The molecule has 3 aromatic rings. The third kappa shape index (κ3) is 4.93. The summed E-state index contributed by atoms with van der Waals surface area (Å²) in [4.78, 5) is 7.45. The van der Waals surface area contributed by atoms with E-state index in [0.29, 0.717) is 23.4 Å². The molecular formula is C26H32N2O3. The molecule has 2 aromatic carbocycles. The van der Waals surface area contributed by atoms with Crippen LogP contribution in [0.25, 0.3) is 11.5 Å². The lowest BCUT2D eigenvalue weighted by molar-refractivity contribution is 0.130. The van der Waals surface area contributed by atoms with E-state index in [2.05, 4.69) is 35.2 Å². The molecule has 0 radical (unpaired) electrons. The number of ether oxygens (including phenoxy) is 2.